The lowest BCUT2D eigenvalue weighted by Gasteiger charge is -2.38. The Morgan fingerprint density at radius 2 is 1.91 bits per heavy atom. The number of halogens is 1. The molecule has 0 aromatic heterocycles. The summed E-state index contributed by atoms with van der Waals surface area (Å²) in [7, 11) is -2.10. The minimum absolute atomic E-state index is 0.00730. The first-order chi connectivity index (χ1) is 14.7. The highest BCUT2D eigenvalue weighted by atomic mass is 35.5. The number of carbonyl (C=O) groups is 2. The molecule has 0 radical (unpaired) electrons. The second-order valence-corrected chi connectivity index (χ2v) is 14.8. The molecule has 0 unspecified atom stereocenters. The Morgan fingerprint density at radius 3 is 2.41 bits per heavy atom. The molecule has 9 nitrogen and oxygen atoms in total. The zero-order valence-electron chi connectivity index (χ0n) is 19.4. The number of nitro groups is 1. The van der Waals surface area contributed by atoms with Crippen molar-refractivity contribution in [3.63, 3.8) is 0 Å². The summed E-state index contributed by atoms with van der Waals surface area (Å²) >= 11 is 5.68. The maximum Gasteiger partial charge on any atom is 0.412 e. The SMILES string of the molecule is CC(C)(C)[Si](C)(C)O[C@H]1CN(C(=O)OCc2ccc([N+](=O)[O-])cc2)[C@](C)(NC(=O)CCl)C1. The highest BCUT2D eigenvalue weighted by Crippen LogP contribution is 2.40. The van der Waals surface area contributed by atoms with Gasteiger partial charge in [0.1, 0.15) is 18.1 Å². The van der Waals surface area contributed by atoms with Crippen molar-refractivity contribution >= 4 is 37.6 Å². The Bertz CT molecular complexity index is 858. The van der Waals surface area contributed by atoms with Crippen LogP contribution in [0.15, 0.2) is 24.3 Å². The second kappa shape index (κ2) is 9.76. The summed E-state index contributed by atoms with van der Waals surface area (Å²) in [5.74, 6) is -0.620. The first kappa shape index (κ1) is 26.1. The van der Waals surface area contributed by atoms with Gasteiger partial charge in [-0.15, -0.1) is 11.6 Å². The van der Waals surface area contributed by atoms with Gasteiger partial charge in [-0.25, -0.2) is 4.79 Å². The van der Waals surface area contributed by atoms with E-state index in [1.807, 2.05) is 0 Å². The normalized spacial score (nSPS) is 21.3. The molecule has 2 rings (SSSR count). The van der Waals surface area contributed by atoms with E-state index in [-0.39, 0.29) is 35.9 Å². The monoisotopic (exact) mass is 485 g/mol. The third-order valence-corrected chi connectivity index (χ3v) is 10.9. The summed E-state index contributed by atoms with van der Waals surface area (Å²) in [5.41, 5.74) is -0.434. The van der Waals surface area contributed by atoms with Crippen LogP contribution >= 0.6 is 11.6 Å². The average Bonchev–Trinajstić information content (AvgIpc) is 3.00. The van der Waals surface area contributed by atoms with Crippen LogP contribution in [-0.2, 0) is 20.6 Å². The smallest absolute Gasteiger partial charge is 0.412 e. The third-order valence-electron chi connectivity index (χ3n) is 6.13. The van der Waals surface area contributed by atoms with Crippen molar-refractivity contribution < 1.29 is 23.7 Å². The van der Waals surface area contributed by atoms with Crippen molar-refractivity contribution in [3.8, 4) is 0 Å². The van der Waals surface area contributed by atoms with E-state index in [0.29, 0.717) is 12.0 Å². The van der Waals surface area contributed by atoms with Crippen LogP contribution in [0.3, 0.4) is 0 Å². The van der Waals surface area contributed by atoms with Gasteiger partial charge in [-0.1, -0.05) is 20.8 Å². The van der Waals surface area contributed by atoms with Gasteiger partial charge in [0.25, 0.3) is 5.69 Å². The number of non-ortho nitro benzene ring substituents is 1. The van der Waals surface area contributed by atoms with Crippen LogP contribution in [-0.4, -0.2) is 54.3 Å². The number of nitrogens with zero attached hydrogens (tertiary/aromatic N) is 2. The van der Waals surface area contributed by atoms with Gasteiger partial charge in [0.15, 0.2) is 8.32 Å². The number of carbonyl (C=O) groups excluding carboxylic acids is 2. The molecule has 1 heterocycles. The molecule has 1 fully saturated rings. The molecule has 11 heteroatoms. The number of nitro benzene ring substituents is 1. The van der Waals surface area contributed by atoms with Gasteiger partial charge in [0, 0.05) is 18.6 Å². The number of alkyl halides is 1. The lowest BCUT2D eigenvalue weighted by Crippen LogP contribution is -2.57. The van der Waals surface area contributed by atoms with E-state index < -0.39 is 30.9 Å². The molecule has 0 spiro atoms. The average molecular weight is 486 g/mol. The van der Waals surface area contributed by atoms with Crippen LogP contribution in [0.25, 0.3) is 0 Å². The summed E-state index contributed by atoms with van der Waals surface area (Å²) in [6.07, 6.45) is -0.458. The van der Waals surface area contributed by atoms with Crippen LogP contribution in [0.2, 0.25) is 18.1 Å². The zero-order chi connectivity index (χ0) is 24.3. The predicted octanol–water partition coefficient (Wildman–Crippen LogP) is 4.40. The van der Waals surface area contributed by atoms with Crippen LogP contribution in [0.5, 0.6) is 0 Å². The Hall–Kier alpha value is -2.17. The Balaban J connectivity index is 2.14. The van der Waals surface area contributed by atoms with Crippen molar-refractivity contribution in [1.29, 1.82) is 0 Å². The zero-order valence-corrected chi connectivity index (χ0v) is 21.2. The van der Waals surface area contributed by atoms with Gasteiger partial charge in [-0.2, -0.15) is 0 Å². The van der Waals surface area contributed by atoms with Crippen LogP contribution in [0.1, 0.15) is 39.7 Å². The lowest BCUT2D eigenvalue weighted by atomic mass is 10.1. The molecule has 178 valence electrons. The summed E-state index contributed by atoms with van der Waals surface area (Å²) in [5, 5.41) is 13.6. The number of benzene rings is 1. The minimum atomic E-state index is -2.10. The number of nitrogens with one attached hydrogen (secondary N) is 1. The van der Waals surface area contributed by atoms with Gasteiger partial charge in [0.05, 0.1) is 17.6 Å². The maximum atomic E-state index is 13.0. The molecule has 1 saturated heterocycles. The van der Waals surface area contributed by atoms with E-state index in [2.05, 4.69) is 39.2 Å². The molecule has 0 saturated carbocycles. The van der Waals surface area contributed by atoms with Gasteiger partial charge < -0.3 is 14.5 Å². The van der Waals surface area contributed by atoms with Crippen LogP contribution < -0.4 is 5.32 Å². The van der Waals surface area contributed by atoms with Crippen LogP contribution in [0, 0.1) is 10.1 Å². The number of ether oxygens (including phenoxy) is 1. The van der Waals surface area contributed by atoms with Crippen molar-refractivity contribution in [2.75, 3.05) is 12.4 Å². The first-order valence-electron chi connectivity index (χ1n) is 10.4. The number of likely N-dealkylation sites (tertiary alicyclic amines) is 1. The van der Waals surface area contributed by atoms with E-state index in [0.717, 1.165) is 0 Å². The molecule has 1 aliphatic rings. The minimum Gasteiger partial charge on any atom is -0.444 e. The van der Waals surface area contributed by atoms with E-state index in [9.17, 15) is 19.7 Å². The van der Waals surface area contributed by atoms with E-state index in [1.165, 1.54) is 29.2 Å². The fourth-order valence-corrected chi connectivity index (χ4v) is 4.77. The van der Waals surface area contributed by atoms with Gasteiger partial charge >= 0.3 is 6.09 Å². The molecule has 1 aliphatic heterocycles. The van der Waals surface area contributed by atoms with Gasteiger partial charge in [-0.3, -0.25) is 19.8 Å². The topological polar surface area (TPSA) is 111 Å². The number of hydrogen-bond acceptors (Lipinski definition) is 6. The molecule has 1 N–H and O–H groups in total. The maximum absolute atomic E-state index is 13.0. The highest BCUT2D eigenvalue weighted by Gasteiger charge is 2.50. The number of hydrogen-bond donors (Lipinski definition) is 1. The summed E-state index contributed by atoms with van der Waals surface area (Å²) < 4.78 is 12.0. The van der Waals surface area contributed by atoms with Gasteiger partial charge in [-0.05, 0) is 42.8 Å². The molecule has 0 aliphatic carbocycles. The van der Waals surface area contributed by atoms with E-state index in [4.69, 9.17) is 20.8 Å². The standard InChI is InChI=1S/C21H32ClN3O6Si/c1-20(2,3)32(5,6)31-17-11-21(4,23-18(26)12-22)24(13-17)19(27)30-14-15-7-9-16(10-8-15)25(28)29/h7-10,17H,11-14H2,1-6H3,(H,23,26)/t17-,21+/m1/s1. The van der Waals surface area contributed by atoms with Crippen molar-refractivity contribution in [1.82, 2.24) is 10.2 Å². The summed E-state index contributed by atoms with van der Waals surface area (Å²) in [4.78, 5) is 36.8. The number of amides is 2. The number of rotatable bonds is 7. The molecule has 32 heavy (non-hydrogen) atoms. The summed E-state index contributed by atoms with van der Waals surface area (Å²) in [6.45, 7) is 12.6. The summed E-state index contributed by atoms with van der Waals surface area (Å²) in [6, 6.07) is 5.78. The third kappa shape index (κ3) is 6.20. The predicted molar refractivity (Wildman–Crippen MR) is 124 cm³/mol. The Labute approximate surface area is 194 Å². The fourth-order valence-electron chi connectivity index (χ4n) is 3.36. The van der Waals surface area contributed by atoms with Crippen molar-refractivity contribution in [2.45, 2.75) is 70.6 Å². The largest absolute Gasteiger partial charge is 0.444 e. The van der Waals surface area contributed by atoms with Crippen molar-refractivity contribution in [3.05, 3.63) is 39.9 Å². The lowest BCUT2D eigenvalue weighted by molar-refractivity contribution is -0.384. The molecule has 2 amide bonds. The molecule has 0 bridgehead atoms. The highest BCUT2D eigenvalue weighted by molar-refractivity contribution is 6.74. The molecular weight excluding hydrogens is 454 g/mol. The Morgan fingerprint density at radius 1 is 1.31 bits per heavy atom. The Kier molecular flexibility index (Phi) is 7.95. The van der Waals surface area contributed by atoms with E-state index in [1.54, 1.807) is 6.92 Å². The van der Waals surface area contributed by atoms with Gasteiger partial charge in [0.2, 0.25) is 5.91 Å². The second-order valence-electron chi connectivity index (χ2n) is 9.75. The van der Waals surface area contributed by atoms with Crippen molar-refractivity contribution in [2.24, 2.45) is 0 Å². The molecule has 1 aromatic rings. The van der Waals surface area contributed by atoms with E-state index >= 15 is 0 Å². The fraction of sp³-hybridized carbons (Fsp3) is 0.619. The van der Waals surface area contributed by atoms with Crippen LogP contribution in [0.4, 0.5) is 10.5 Å². The molecule has 1 aromatic carbocycles. The molecule has 2 atom stereocenters. The quantitative estimate of drug-likeness (QED) is 0.265. The first-order valence-corrected chi connectivity index (χ1v) is 13.9. The molecular formula is C21H32ClN3O6Si.